The fourth-order valence-corrected chi connectivity index (χ4v) is 5.62. The zero-order valence-electron chi connectivity index (χ0n) is 14.2. The molecule has 0 aromatic heterocycles. The van der Waals surface area contributed by atoms with Crippen LogP contribution in [0.1, 0.15) is 18.4 Å². The number of hydrogen-bond donors (Lipinski definition) is 0. The first-order valence-electron chi connectivity index (χ1n) is 8.08. The lowest BCUT2D eigenvalue weighted by molar-refractivity contribution is -0.0674. The lowest BCUT2D eigenvalue weighted by Crippen LogP contribution is -2.46. The maximum Gasteiger partial charge on any atom is 0.118 e. The topological polar surface area (TPSA) is 18.5 Å². The van der Waals surface area contributed by atoms with Crippen LogP contribution in [0, 0.1) is 11.8 Å². The van der Waals surface area contributed by atoms with Crippen LogP contribution in [-0.2, 0) is 11.2 Å². The first-order chi connectivity index (χ1) is 9.93. The molecule has 1 saturated carbocycles. The Labute approximate surface area is 130 Å². The third kappa shape index (κ3) is 4.58. The van der Waals surface area contributed by atoms with E-state index < -0.39 is 8.07 Å². The van der Waals surface area contributed by atoms with Gasteiger partial charge in [-0.15, -0.1) is 0 Å². The minimum atomic E-state index is -0.969. The Kier molecular flexibility index (Phi) is 5.50. The molecule has 1 aliphatic rings. The first-order valence-corrected chi connectivity index (χ1v) is 11.8. The van der Waals surface area contributed by atoms with Crippen LogP contribution in [0.4, 0.5) is 0 Å². The Bertz CT molecular complexity index is 436. The molecule has 1 aliphatic carbocycles. The Balaban J connectivity index is 1.81. The Morgan fingerprint density at radius 1 is 1.05 bits per heavy atom. The van der Waals surface area contributed by atoms with Crippen molar-refractivity contribution in [1.29, 1.82) is 0 Å². The minimum Gasteiger partial charge on any atom is -0.497 e. The summed E-state index contributed by atoms with van der Waals surface area (Å²) in [5, 5.41) is 0. The second-order valence-electron chi connectivity index (χ2n) is 7.61. The van der Waals surface area contributed by atoms with E-state index in [-0.39, 0.29) is 0 Å². The average molecular weight is 307 g/mol. The summed E-state index contributed by atoms with van der Waals surface area (Å²) in [7, 11) is 2.63. The van der Waals surface area contributed by atoms with E-state index >= 15 is 0 Å². The highest BCUT2D eigenvalue weighted by molar-refractivity contribution is 6.76. The van der Waals surface area contributed by atoms with Crippen molar-refractivity contribution in [3.63, 3.8) is 0 Å². The highest BCUT2D eigenvalue weighted by Crippen LogP contribution is 2.43. The molecule has 118 valence electrons. The van der Waals surface area contributed by atoms with Crippen LogP contribution in [-0.4, -0.2) is 28.4 Å². The zero-order valence-corrected chi connectivity index (χ0v) is 15.2. The third-order valence-electron chi connectivity index (χ3n) is 4.64. The second kappa shape index (κ2) is 6.97. The van der Waals surface area contributed by atoms with Crippen molar-refractivity contribution in [2.45, 2.75) is 51.1 Å². The van der Waals surface area contributed by atoms with Crippen LogP contribution in [0.2, 0.25) is 25.7 Å². The first kappa shape index (κ1) is 16.6. The van der Waals surface area contributed by atoms with Gasteiger partial charge in [-0.1, -0.05) is 37.8 Å². The predicted molar refractivity (Wildman–Crippen MR) is 91.9 cm³/mol. The minimum absolute atomic E-state index is 0.495. The van der Waals surface area contributed by atoms with Crippen LogP contribution in [0.3, 0.4) is 0 Å². The van der Waals surface area contributed by atoms with Crippen LogP contribution in [0.5, 0.6) is 5.75 Å². The van der Waals surface area contributed by atoms with Gasteiger partial charge in [0, 0.05) is 15.2 Å². The van der Waals surface area contributed by atoms with Gasteiger partial charge in [-0.2, -0.15) is 0 Å². The van der Waals surface area contributed by atoms with Crippen molar-refractivity contribution >= 4 is 8.07 Å². The highest BCUT2D eigenvalue weighted by atomic mass is 28.3. The molecular formula is C18H30O2Si. The van der Waals surface area contributed by atoms with Gasteiger partial charge >= 0.3 is 0 Å². The molecule has 0 heterocycles. The Hall–Kier alpha value is -0.803. The molecule has 0 bridgehead atoms. The number of methoxy groups -OCH3 is 2. The smallest absolute Gasteiger partial charge is 0.118 e. The number of benzene rings is 1. The lowest BCUT2D eigenvalue weighted by Gasteiger charge is -2.46. The van der Waals surface area contributed by atoms with Crippen molar-refractivity contribution in [1.82, 2.24) is 0 Å². The van der Waals surface area contributed by atoms with Gasteiger partial charge in [0.05, 0.1) is 13.2 Å². The van der Waals surface area contributed by atoms with Gasteiger partial charge in [-0.05, 0) is 48.8 Å². The SMILES string of the molecule is COc1ccc(CC[C@@H]2C[C@H](C[Si](C)(C)C)[C@H]2OC)cc1. The normalized spacial score (nSPS) is 25.5. The molecule has 1 aromatic carbocycles. The predicted octanol–water partition coefficient (Wildman–Crippen LogP) is 4.62. The molecule has 0 radical (unpaired) electrons. The van der Waals surface area contributed by atoms with Gasteiger partial charge in [-0.25, -0.2) is 0 Å². The molecule has 3 heteroatoms. The van der Waals surface area contributed by atoms with E-state index in [0.29, 0.717) is 6.10 Å². The van der Waals surface area contributed by atoms with Gasteiger partial charge in [0.1, 0.15) is 5.75 Å². The molecule has 2 rings (SSSR count). The van der Waals surface area contributed by atoms with Crippen molar-refractivity contribution in [3.05, 3.63) is 29.8 Å². The molecule has 0 unspecified atom stereocenters. The maximum absolute atomic E-state index is 5.78. The zero-order chi connectivity index (χ0) is 15.5. The second-order valence-corrected chi connectivity index (χ2v) is 13.1. The largest absolute Gasteiger partial charge is 0.497 e. The number of aryl methyl sites for hydroxylation is 1. The van der Waals surface area contributed by atoms with Crippen LogP contribution in [0.15, 0.2) is 24.3 Å². The number of ether oxygens (including phenoxy) is 2. The molecular weight excluding hydrogens is 276 g/mol. The molecule has 1 fully saturated rings. The van der Waals surface area contributed by atoms with E-state index in [4.69, 9.17) is 9.47 Å². The summed E-state index contributed by atoms with van der Waals surface area (Å²) in [6, 6.07) is 9.87. The standard InChI is InChI=1S/C18H30O2Si/c1-19-17-10-7-14(8-11-17)6-9-15-12-16(18(15)20-2)13-21(3,4)5/h7-8,10-11,15-16,18H,6,9,12-13H2,1-5H3/t15-,16-,18+/m1/s1. The van der Waals surface area contributed by atoms with Crippen molar-refractivity contribution in [2.75, 3.05) is 14.2 Å². The molecule has 1 aromatic rings. The van der Waals surface area contributed by atoms with Crippen LogP contribution in [0.25, 0.3) is 0 Å². The van der Waals surface area contributed by atoms with E-state index in [1.165, 1.54) is 24.4 Å². The van der Waals surface area contributed by atoms with Crippen molar-refractivity contribution in [3.8, 4) is 5.75 Å². The molecule has 0 aliphatic heterocycles. The fraction of sp³-hybridized carbons (Fsp3) is 0.667. The van der Waals surface area contributed by atoms with Gasteiger partial charge < -0.3 is 9.47 Å². The summed E-state index contributed by atoms with van der Waals surface area (Å²) >= 11 is 0. The monoisotopic (exact) mass is 306 g/mol. The van der Waals surface area contributed by atoms with Crippen LogP contribution < -0.4 is 4.74 Å². The number of rotatable bonds is 7. The summed E-state index contributed by atoms with van der Waals surface area (Å²) in [4.78, 5) is 0. The van der Waals surface area contributed by atoms with Crippen LogP contribution >= 0.6 is 0 Å². The van der Waals surface area contributed by atoms with Gasteiger partial charge in [-0.3, -0.25) is 0 Å². The summed E-state index contributed by atoms with van der Waals surface area (Å²) < 4.78 is 11.0. The maximum atomic E-state index is 5.78. The van der Waals surface area contributed by atoms with E-state index in [9.17, 15) is 0 Å². The molecule has 0 spiro atoms. The molecule has 0 saturated heterocycles. The average Bonchev–Trinajstić information content (AvgIpc) is 2.42. The summed E-state index contributed by atoms with van der Waals surface area (Å²) in [5.41, 5.74) is 1.40. The van der Waals surface area contributed by atoms with Gasteiger partial charge in [0.2, 0.25) is 0 Å². The Morgan fingerprint density at radius 3 is 2.24 bits per heavy atom. The van der Waals surface area contributed by atoms with E-state index in [2.05, 4.69) is 43.9 Å². The fourth-order valence-electron chi connectivity index (χ4n) is 3.64. The highest BCUT2D eigenvalue weighted by Gasteiger charge is 2.42. The van der Waals surface area contributed by atoms with Gasteiger partial charge in [0.15, 0.2) is 0 Å². The van der Waals surface area contributed by atoms with E-state index in [0.717, 1.165) is 24.0 Å². The third-order valence-corrected chi connectivity index (χ3v) is 6.39. The lowest BCUT2D eigenvalue weighted by atomic mass is 9.70. The van der Waals surface area contributed by atoms with E-state index in [1.807, 2.05) is 7.11 Å². The summed E-state index contributed by atoms with van der Waals surface area (Å²) in [5.74, 6) is 2.49. The molecule has 21 heavy (non-hydrogen) atoms. The number of hydrogen-bond acceptors (Lipinski definition) is 2. The van der Waals surface area contributed by atoms with E-state index in [1.54, 1.807) is 7.11 Å². The van der Waals surface area contributed by atoms with Gasteiger partial charge in [0.25, 0.3) is 0 Å². The quantitative estimate of drug-likeness (QED) is 0.685. The molecule has 2 nitrogen and oxygen atoms in total. The molecule has 0 amide bonds. The van der Waals surface area contributed by atoms with Crippen molar-refractivity contribution < 1.29 is 9.47 Å². The van der Waals surface area contributed by atoms with Crippen molar-refractivity contribution in [2.24, 2.45) is 11.8 Å². The summed E-state index contributed by atoms with van der Waals surface area (Å²) in [6.07, 6.45) is 4.25. The molecule has 3 atom stereocenters. The summed E-state index contributed by atoms with van der Waals surface area (Å²) in [6.45, 7) is 7.39. The Morgan fingerprint density at radius 2 is 1.71 bits per heavy atom. The molecule has 0 N–H and O–H groups in total.